The number of hydrogen-bond acceptors (Lipinski definition) is 18. The molecule has 1 saturated carbocycles. The molecule has 1 saturated heterocycles. The van der Waals surface area contributed by atoms with Crippen molar-refractivity contribution in [3.63, 3.8) is 0 Å². The summed E-state index contributed by atoms with van der Waals surface area (Å²) in [7, 11) is 1.33. The molecule has 3 amide bonds. The van der Waals surface area contributed by atoms with Gasteiger partial charge < -0.3 is 91.4 Å². The summed E-state index contributed by atoms with van der Waals surface area (Å²) in [5.74, 6) is -0.557. The summed E-state index contributed by atoms with van der Waals surface area (Å²) in [6.45, 7) is 10.1. The third-order valence-corrected chi connectivity index (χ3v) is 9.07. The molecule has 3 rings (SSSR count). The standard InChI is InChI=1S/C35H64N6O15/c1-33(2,3)55-31(48)39-14-22(44)28(47)40-21-11-20(37)25(53-29-19(36)10-9-18(52-29)13-38-12-17(43)15-42)23(45)26(21)54-30-24(46)27(35(7,50)16-51-30)41(8)32(49)56-34(4,5)6/h9,17,19-27,29-30,38,42-46,50H,10-16,36-37H2,1-8H3,(H,39,48)(H,40,47)/t17?,19-,20+,21-,22+,23+,24-,25-,26+,27-,29-,30-,35+/m1/s1. The number of nitrogens with zero attached hydrogens (tertiary/aromatic N) is 1. The largest absolute Gasteiger partial charge is 0.467 e. The molecule has 2 fully saturated rings. The summed E-state index contributed by atoms with van der Waals surface area (Å²) in [4.78, 5) is 39.4. The Bertz CT molecular complexity index is 1340. The maximum atomic E-state index is 13.3. The van der Waals surface area contributed by atoms with E-state index in [9.17, 15) is 39.9 Å². The van der Waals surface area contributed by atoms with E-state index in [-0.39, 0.29) is 19.5 Å². The molecule has 13 N–H and O–H groups in total. The van der Waals surface area contributed by atoms with Gasteiger partial charge in [-0.25, -0.2) is 9.59 Å². The lowest BCUT2D eigenvalue weighted by Gasteiger charge is -2.50. The number of nitrogens with two attached hydrogens (primary N) is 2. The SMILES string of the molecule is CN(C(=O)OC(C)(C)C)[C@@H]1[C@@H](O)[C@@H](O[C@@H]2[C@@H](O)[C@H](O[C@H]3OC(CNCC(O)CO)=CC[C@H]3N)[C@@H](N)C[C@H]2NC(=O)[C@@H](O)CNC(=O)OC(C)(C)C)OC[C@]1(C)O. The topological polar surface area (TPSA) is 319 Å². The molecule has 1 unspecified atom stereocenters. The zero-order valence-corrected chi connectivity index (χ0v) is 33.4. The number of carbonyl (C=O) groups is 3. The second kappa shape index (κ2) is 19.7. The van der Waals surface area contributed by atoms with Gasteiger partial charge in [0.15, 0.2) is 6.29 Å². The van der Waals surface area contributed by atoms with Crippen molar-refractivity contribution >= 4 is 18.1 Å². The van der Waals surface area contributed by atoms with Crippen LogP contribution in [0.5, 0.6) is 0 Å². The van der Waals surface area contributed by atoms with Gasteiger partial charge in [-0.3, -0.25) is 4.79 Å². The number of rotatable bonds is 14. The fourth-order valence-electron chi connectivity index (χ4n) is 6.41. The molecule has 21 heteroatoms. The third kappa shape index (κ3) is 13.6. The van der Waals surface area contributed by atoms with Gasteiger partial charge in [-0.1, -0.05) is 0 Å². The first-order valence-electron chi connectivity index (χ1n) is 18.6. The van der Waals surface area contributed by atoms with E-state index < -0.39 is 128 Å². The van der Waals surface area contributed by atoms with Crippen molar-refractivity contribution in [2.24, 2.45) is 11.5 Å². The van der Waals surface area contributed by atoms with Gasteiger partial charge in [0.25, 0.3) is 5.91 Å². The van der Waals surface area contributed by atoms with Gasteiger partial charge in [-0.2, -0.15) is 0 Å². The van der Waals surface area contributed by atoms with E-state index in [1.165, 1.54) is 14.0 Å². The van der Waals surface area contributed by atoms with E-state index >= 15 is 0 Å². The number of ether oxygens (including phenoxy) is 6. The number of carbonyl (C=O) groups excluding carboxylic acids is 3. The molecule has 56 heavy (non-hydrogen) atoms. The average molecular weight is 809 g/mol. The highest BCUT2D eigenvalue weighted by atomic mass is 16.7. The Morgan fingerprint density at radius 1 is 0.982 bits per heavy atom. The van der Waals surface area contributed by atoms with Gasteiger partial charge in [0.05, 0.1) is 50.5 Å². The van der Waals surface area contributed by atoms with Crippen LogP contribution in [-0.2, 0) is 33.2 Å². The Morgan fingerprint density at radius 2 is 1.61 bits per heavy atom. The number of alkyl carbamates (subject to hydrolysis) is 1. The molecule has 324 valence electrons. The van der Waals surface area contributed by atoms with Gasteiger partial charge in [-0.05, 0) is 67.4 Å². The van der Waals surface area contributed by atoms with Crippen LogP contribution in [0, 0.1) is 0 Å². The van der Waals surface area contributed by atoms with Crippen molar-refractivity contribution < 1.29 is 73.4 Å². The molecular formula is C35H64N6O15. The van der Waals surface area contributed by atoms with E-state index in [0.717, 1.165) is 4.90 Å². The van der Waals surface area contributed by atoms with Crippen LogP contribution < -0.4 is 27.4 Å². The van der Waals surface area contributed by atoms with Crippen molar-refractivity contribution in [3.8, 4) is 0 Å². The van der Waals surface area contributed by atoms with Crippen LogP contribution in [0.3, 0.4) is 0 Å². The Labute approximate surface area is 326 Å². The van der Waals surface area contributed by atoms with Crippen LogP contribution in [0.25, 0.3) is 0 Å². The molecule has 0 radical (unpaired) electrons. The zero-order valence-electron chi connectivity index (χ0n) is 33.4. The maximum absolute atomic E-state index is 13.3. The van der Waals surface area contributed by atoms with Crippen molar-refractivity contribution in [3.05, 3.63) is 11.8 Å². The minimum absolute atomic E-state index is 0.0812. The number of nitrogens with one attached hydrogen (secondary N) is 3. The molecule has 21 nitrogen and oxygen atoms in total. The Balaban J connectivity index is 1.85. The molecule has 0 spiro atoms. The van der Waals surface area contributed by atoms with Gasteiger partial charge in [0.2, 0.25) is 6.29 Å². The molecule has 0 aromatic rings. The van der Waals surface area contributed by atoms with Gasteiger partial charge >= 0.3 is 12.2 Å². The van der Waals surface area contributed by atoms with Crippen LogP contribution in [-0.4, -0.2) is 184 Å². The first kappa shape index (κ1) is 47.4. The van der Waals surface area contributed by atoms with Crippen molar-refractivity contribution in [1.29, 1.82) is 0 Å². The van der Waals surface area contributed by atoms with Gasteiger partial charge in [0, 0.05) is 19.6 Å². The summed E-state index contributed by atoms with van der Waals surface area (Å²) in [5, 5.41) is 71.9. The molecule has 1 aliphatic carbocycles. The molecular weight excluding hydrogens is 744 g/mol. The third-order valence-electron chi connectivity index (χ3n) is 9.07. The van der Waals surface area contributed by atoms with E-state index in [4.69, 9.17) is 45.0 Å². The molecule has 0 aromatic carbocycles. The molecule has 13 atom stereocenters. The first-order valence-corrected chi connectivity index (χ1v) is 18.6. The lowest BCUT2D eigenvalue weighted by atomic mass is 9.83. The average Bonchev–Trinajstić information content (AvgIpc) is 3.07. The minimum Gasteiger partial charge on any atom is -0.467 e. The Kier molecular flexibility index (Phi) is 16.7. The summed E-state index contributed by atoms with van der Waals surface area (Å²) in [5.41, 5.74) is 9.30. The van der Waals surface area contributed by atoms with E-state index in [1.54, 1.807) is 47.6 Å². The summed E-state index contributed by atoms with van der Waals surface area (Å²) < 4.78 is 34.6. The number of likely N-dealkylation sites (N-methyl/N-ethyl adjacent to an activating group) is 1. The van der Waals surface area contributed by atoms with Crippen LogP contribution >= 0.6 is 0 Å². The highest BCUT2D eigenvalue weighted by Crippen LogP contribution is 2.34. The van der Waals surface area contributed by atoms with Crippen LogP contribution in [0.1, 0.15) is 61.3 Å². The first-order chi connectivity index (χ1) is 25.8. The second-order valence-corrected chi connectivity index (χ2v) is 16.7. The van der Waals surface area contributed by atoms with Crippen molar-refractivity contribution in [2.45, 2.75) is 151 Å². The van der Waals surface area contributed by atoms with E-state index in [0.29, 0.717) is 12.2 Å². The van der Waals surface area contributed by atoms with Crippen LogP contribution in [0.4, 0.5) is 9.59 Å². The maximum Gasteiger partial charge on any atom is 0.410 e. The predicted molar refractivity (Wildman–Crippen MR) is 196 cm³/mol. The summed E-state index contributed by atoms with van der Waals surface area (Å²) in [6.07, 6.45) is -11.5. The second-order valence-electron chi connectivity index (χ2n) is 16.7. The number of hydrogen-bond donors (Lipinski definition) is 11. The van der Waals surface area contributed by atoms with Crippen molar-refractivity contribution in [1.82, 2.24) is 20.9 Å². The molecule has 0 bridgehead atoms. The fourth-order valence-corrected chi connectivity index (χ4v) is 6.41. The van der Waals surface area contributed by atoms with Gasteiger partial charge in [0.1, 0.15) is 53.1 Å². The lowest BCUT2D eigenvalue weighted by Crippen LogP contribution is -2.70. The smallest absolute Gasteiger partial charge is 0.410 e. The van der Waals surface area contributed by atoms with Crippen LogP contribution in [0.2, 0.25) is 0 Å². The van der Waals surface area contributed by atoms with E-state index in [1.807, 2.05) is 0 Å². The number of amides is 3. The number of aliphatic hydroxyl groups excluding tert-OH is 5. The zero-order chi connectivity index (χ0) is 42.3. The fraction of sp³-hybridized carbons (Fsp3) is 0.857. The quantitative estimate of drug-likeness (QED) is 0.0824. The Hall–Kier alpha value is -2.93. The van der Waals surface area contributed by atoms with Crippen molar-refractivity contribution in [2.75, 3.05) is 39.9 Å². The highest BCUT2D eigenvalue weighted by molar-refractivity contribution is 5.81. The molecule has 2 heterocycles. The highest BCUT2D eigenvalue weighted by Gasteiger charge is 2.54. The van der Waals surface area contributed by atoms with Gasteiger partial charge in [-0.15, -0.1) is 0 Å². The lowest BCUT2D eigenvalue weighted by molar-refractivity contribution is -0.310. The normalized spacial score (nSPS) is 33.6. The molecule has 3 aliphatic rings. The van der Waals surface area contributed by atoms with E-state index in [2.05, 4.69) is 16.0 Å². The molecule has 0 aromatic heterocycles. The predicted octanol–water partition coefficient (Wildman–Crippen LogP) is -3.18. The molecule has 2 aliphatic heterocycles. The minimum atomic E-state index is -1.80. The van der Waals surface area contributed by atoms with Crippen LogP contribution in [0.15, 0.2) is 11.8 Å². The number of aliphatic hydroxyl groups is 6. The summed E-state index contributed by atoms with van der Waals surface area (Å²) in [6, 6.07) is -4.21. The summed E-state index contributed by atoms with van der Waals surface area (Å²) >= 11 is 0. The Morgan fingerprint density at radius 3 is 2.21 bits per heavy atom. The monoisotopic (exact) mass is 808 g/mol.